The molecule has 0 amide bonds. The highest BCUT2D eigenvalue weighted by molar-refractivity contribution is 5.98. The molecule has 0 saturated heterocycles. The fourth-order valence-electron chi connectivity index (χ4n) is 5.62. The molecule has 0 aliphatic rings. The van der Waals surface area contributed by atoms with Crippen LogP contribution in [-0.2, 0) is 0 Å². The molecule has 0 fully saturated rings. The highest BCUT2D eigenvalue weighted by Gasteiger charge is 2.15. The average Bonchev–Trinajstić information content (AvgIpc) is 2.86. The maximum Gasteiger partial charge on any atom is 0.0737 e. The van der Waals surface area contributed by atoms with Crippen molar-refractivity contribution in [3.63, 3.8) is 0 Å². The molecule has 0 bridgehead atoms. The van der Waals surface area contributed by atoms with Gasteiger partial charge in [-0.3, -0.25) is 15.0 Å². The number of aryl methyl sites for hydroxylation is 6. The number of hydrogen-bond donors (Lipinski definition) is 0. The number of benzene rings is 3. The van der Waals surface area contributed by atoms with Crippen LogP contribution in [0.1, 0.15) is 33.5 Å². The summed E-state index contributed by atoms with van der Waals surface area (Å²) in [5.41, 5.74) is 12.8. The molecule has 3 heteroatoms. The quantitative estimate of drug-likeness (QED) is 0.256. The Balaban J connectivity index is 1.58. The summed E-state index contributed by atoms with van der Waals surface area (Å²) in [6, 6.07) is 17.6. The lowest BCUT2D eigenvalue weighted by atomic mass is 9.91. The van der Waals surface area contributed by atoms with Crippen LogP contribution in [-0.4, -0.2) is 15.0 Å². The van der Waals surface area contributed by atoms with E-state index in [2.05, 4.69) is 95.1 Å². The normalized spacial score (nSPS) is 11.6. The molecule has 36 heavy (non-hydrogen) atoms. The van der Waals surface area contributed by atoms with Crippen molar-refractivity contribution >= 4 is 32.4 Å². The van der Waals surface area contributed by atoms with E-state index in [-0.39, 0.29) is 0 Å². The molecule has 0 aliphatic heterocycles. The SMILES string of the molecule is Cc1cc(-c2ncc3c(C)cc(-c4cnc5c(C)cccc5c4C)cc3c2C)cc2c(C)nccc12. The standard InChI is InChI=1S/C33H29N3/c1-18-8-7-9-27-21(4)31(17-35-32(18)27)24-12-20(3)30-16-36-33(22(5)28(30)14-24)25-13-19(2)26-10-11-34-23(6)29(26)15-25/h7-17H,1-6H3. The molecule has 3 heterocycles. The van der Waals surface area contributed by atoms with Gasteiger partial charge in [0.05, 0.1) is 11.2 Å². The summed E-state index contributed by atoms with van der Waals surface area (Å²) in [5, 5.41) is 6.08. The molecular formula is C33H29N3. The lowest BCUT2D eigenvalue weighted by Gasteiger charge is -2.16. The lowest BCUT2D eigenvalue weighted by molar-refractivity contribution is 1.23. The van der Waals surface area contributed by atoms with Gasteiger partial charge in [-0.25, -0.2) is 0 Å². The Bertz CT molecular complexity index is 1850. The van der Waals surface area contributed by atoms with Gasteiger partial charge in [0.2, 0.25) is 0 Å². The number of pyridine rings is 3. The van der Waals surface area contributed by atoms with Crippen LogP contribution in [0.4, 0.5) is 0 Å². The van der Waals surface area contributed by atoms with Gasteiger partial charge < -0.3 is 0 Å². The van der Waals surface area contributed by atoms with Crippen LogP contribution in [0.3, 0.4) is 0 Å². The maximum absolute atomic E-state index is 4.95. The third kappa shape index (κ3) is 3.38. The number of fused-ring (bicyclic) bond motifs is 3. The minimum atomic E-state index is 1.02. The maximum atomic E-state index is 4.95. The van der Waals surface area contributed by atoms with Crippen molar-refractivity contribution in [1.82, 2.24) is 15.0 Å². The minimum absolute atomic E-state index is 1.02. The molecule has 176 valence electrons. The zero-order valence-corrected chi connectivity index (χ0v) is 21.7. The van der Waals surface area contributed by atoms with Crippen molar-refractivity contribution < 1.29 is 0 Å². The van der Waals surface area contributed by atoms with E-state index in [1.165, 1.54) is 65.9 Å². The molecule has 3 aromatic heterocycles. The molecule has 0 atom stereocenters. The summed E-state index contributed by atoms with van der Waals surface area (Å²) in [4.78, 5) is 14.3. The molecule has 0 unspecified atom stereocenters. The average molecular weight is 468 g/mol. The van der Waals surface area contributed by atoms with Gasteiger partial charge in [0.15, 0.2) is 0 Å². The summed E-state index contributed by atoms with van der Waals surface area (Å²) >= 11 is 0. The van der Waals surface area contributed by atoms with Crippen LogP contribution in [0, 0.1) is 41.5 Å². The van der Waals surface area contributed by atoms with Crippen LogP contribution in [0.25, 0.3) is 54.8 Å². The first-order valence-electron chi connectivity index (χ1n) is 12.4. The van der Waals surface area contributed by atoms with E-state index in [0.717, 1.165) is 22.5 Å². The molecule has 0 aliphatic carbocycles. The van der Waals surface area contributed by atoms with Crippen molar-refractivity contribution in [2.45, 2.75) is 41.5 Å². The molecule has 3 nitrogen and oxygen atoms in total. The first kappa shape index (κ1) is 22.4. The Morgan fingerprint density at radius 1 is 0.528 bits per heavy atom. The molecular weight excluding hydrogens is 438 g/mol. The predicted octanol–water partition coefficient (Wildman–Crippen LogP) is 8.52. The van der Waals surface area contributed by atoms with E-state index in [9.17, 15) is 0 Å². The summed E-state index contributed by atoms with van der Waals surface area (Å²) < 4.78 is 0. The fourth-order valence-corrected chi connectivity index (χ4v) is 5.62. The third-order valence-corrected chi connectivity index (χ3v) is 7.71. The second kappa shape index (κ2) is 8.23. The Morgan fingerprint density at radius 3 is 2.11 bits per heavy atom. The number of rotatable bonds is 2. The molecule has 6 aromatic rings. The van der Waals surface area contributed by atoms with Gasteiger partial charge >= 0.3 is 0 Å². The van der Waals surface area contributed by atoms with Gasteiger partial charge in [0.25, 0.3) is 0 Å². The smallest absolute Gasteiger partial charge is 0.0737 e. The van der Waals surface area contributed by atoms with Crippen LogP contribution in [0.15, 0.2) is 67.1 Å². The number of hydrogen-bond acceptors (Lipinski definition) is 3. The molecule has 6 rings (SSSR count). The first-order chi connectivity index (χ1) is 17.3. The predicted molar refractivity (Wildman–Crippen MR) is 152 cm³/mol. The summed E-state index contributed by atoms with van der Waals surface area (Å²) in [5.74, 6) is 0. The van der Waals surface area contributed by atoms with Crippen LogP contribution in [0.5, 0.6) is 0 Å². The molecule has 0 spiro atoms. The van der Waals surface area contributed by atoms with Crippen LogP contribution < -0.4 is 0 Å². The van der Waals surface area contributed by atoms with E-state index in [1.54, 1.807) is 0 Å². The zero-order valence-electron chi connectivity index (χ0n) is 21.7. The van der Waals surface area contributed by atoms with Crippen molar-refractivity contribution in [3.05, 3.63) is 101 Å². The zero-order chi connectivity index (χ0) is 25.1. The fraction of sp³-hybridized carbons (Fsp3) is 0.182. The van der Waals surface area contributed by atoms with E-state index >= 15 is 0 Å². The monoisotopic (exact) mass is 467 g/mol. The highest BCUT2D eigenvalue weighted by Crippen LogP contribution is 2.37. The van der Waals surface area contributed by atoms with E-state index in [1.807, 2.05) is 18.6 Å². The van der Waals surface area contributed by atoms with Gasteiger partial charge in [-0.15, -0.1) is 0 Å². The van der Waals surface area contributed by atoms with Crippen LogP contribution in [0.2, 0.25) is 0 Å². The Labute approximate surface area is 211 Å². The van der Waals surface area contributed by atoms with Crippen molar-refractivity contribution in [1.29, 1.82) is 0 Å². The lowest BCUT2D eigenvalue weighted by Crippen LogP contribution is -1.96. The Morgan fingerprint density at radius 2 is 1.28 bits per heavy atom. The number of aromatic nitrogens is 3. The highest BCUT2D eigenvalue weighted by atomic mass is 14.7. The molecule has 0 N–H and O–H groups in total. The summed E-state index contributed by atoms with van der Waals surface area (Å²) in [6.45, 7) is 12.9. The largest absolute Gasteiger partial charge is 0.261 e. The Kier molecular flexibility index (Phi) is 5.11. The van der Waals surface area contributed by atoms with Crippen molar-refractivity contribution in [3.8, 4) is 22.4 Å². The topological polar surface area (TPSA) is 38.7 Å². The third-order valence-electron chi connectivity index (χ3n) is 7.71. The van der Waals surface area contributed by atoms with Crippen molar-refractivity contribution in [2.75, 3.05) is 0 Å². The summed E-state index contributed by atoms with van der Waals surface area (Å²) in [6.07, 6.45) is 5.95. The van der Waals surface area contributed by atoms with E-state index in [4.69, 9.17) is 9.97 Å². The number of para-hydroxylation sites is 1. The minimum Gasteiger partial charge on any atom is -0.261 e. The van der Waals surface area contributed by atoms with Crippen molar-refractivity contribution in [2.24, 2.45) is 0 Å². The second-order valence-electron chi connectivity index (χ2n) is 10.0. The van der Waals surface area contributed by atoms with E-state index < -0.39 is 0 Å². The van der Waals surface area contributed by atoms with Crippen LogP contribution >= 0.6 is 0 Å². The molecule has 3 aromatic carbocycles. The van der Waals surface area contributed by atoms with Gasteiger partial charge in [-0.1, -0.05) is 24.3 Å². The number of nitrogens with zero attached hydrogens (tertiary/aromatic N) is 3. The van der Waals surface area contributed by atoms with E-state index in [0.29, 0.717) is 0 Å². The summed E-state index contributed by atoms with van der Waals surface area (Å²) in [7, 11) is 0. The second-order valence-corrected chi connectivity index (χ2v) is 10.0. The van der Waals surface area contributed by atoms with Gasteiger partial charge in [0, 0.05) is 51.6 Å². The van der Waals surface area contributed by atoms with Gasteiger partial charge in [0.1, 0.15) is 0 Å². The molecule has 0 saturated carbocycles. The molecule has 0 radical (unpaired) electrons. The van der Waals surface area contributed by atoms with Gasteiger partial charge in [-0.2, -0.15) is 0 Å². The van der Waals surface area contributed by atoms with Gasteiger partial charge in [-0.05, 0) is 110 Å². The Hall–Kier alpha value is -4.11. The first-order valence-corrected chi connectivity index (χ1v) is 12.4.